The second kappa shape index (κ2) is 47.8. The SMILES string of the molecule is C=CC1=C(C)c2cc3[nH]c(cc4nc(cc5[nH]c(cc1n2)c(C)c5CCC(=O)OCCOCCOCCOCCn1cc(CCCOC(=O)C[C@]2(C)/C5=C(\C)C6=N[C@@](C)(C7[N-]/C(=C(/C)C8=N/C(=C\C(=N5)[C@H]2CCC(=O)OC)C(C)(C)[C@@H]8CCC(=O)OC)[C@](C)(CCC(=O)OC)[C@H]7CC(=O)OC)[C@@](C)(CC(=O)OC)[C@@H]6CCC(=O)OC)nn1)C(CCC(=O)O)=C4C)c(C)c3C=C.[C-]#N.[C-]#N.[Co+3]. The van der Waals surface area contributed by atoms with Crippen molar-refractivity contribution in [3.8, 4) is 0 Å². The number of methoxy groups -OCH3 is 6. The number of aliphatic imine (C=N–C) groups is 3. The minimum absolute atomic E-state index is 0. The number of carboxylic acids is 1. The van der Waals surface area contributed by atoms with Gasteiger partial charge in [0.15, 0.2) is 0 Å². The van der Waals surface area contributed by atoms with Crippen molar-refractivity contribution in [3.63, 3.8) is 0 Å². The quantitative estimate of drug-likeness (QED) is 0.0160. The zero-order valence-corrected chi connectivity index (χ0v) is 81.7. The van der Waals surface area contributed by atoms with Crippen molar-refractivity contribution in [2.45, 2.75) is 210 Å². The molecule has 4 aromatic heterocycles. The molecule has 11 rings (SSSR count). The number of rotatable bonds is 42. The van der Waals surface area contributed by atoms with Crippen LogP contribution in [0.2, 0.25) is 0 Å². The Labute approximate surface area is 798 Å². The number of H-pyrrole nitrogens is 2. The van der Waals surface area contributed by atoms with Crippen molar-refractivity contribution in [2.75, 3.05) is 95.5 Å². The summed E-state index contributed by atoms with van der Waals surface area (Å²) in [4.78, 5) is 157. The smallest absolute Gasteiger partial charge is 0.682 e. The first-order valence-corrected chi connectivity index (χ1v) is 45.0. The molecule has 0 radical (unpaired) electrons. The molecule has 35 heteroatoms. The van der Waals surface area contributed by atoms with Gasteiger partial charge in [-0.3, -0.25) is 58.1 Å². The van der Waals surface area contributed by atoms with Gasteiger partial charge in [0, 0.05) is 141 Å². The molecule has 0 aliphatic carbocycles. The molecule has 0 spiro atoms. The molecule has 0 saturated carbocycles. The van der Waals surface area contributed by atoms with Crippen LogP contribution in [0.25, 0.3) is 55.8 Å². The van der Waals surface area contributed by atoms with Gasteiger partial charge in [-0.15, -0.1) is 5.10 Å². The number of nitrogens with one attached hydrogen (secondary N) is 2. The number of nitrogens with zero attached hydrogens (tertiary/aromatic N) is 11. The first-order chi connectivity index (χ1) is 63.9. The second-order valence-corrected chi connectivity index (χ2v) is 35.8. The number of aryl methyl sites for hydroxylation is 4. The number of hydrogen-bond acceptors (Lipinski definition) is 29. The van der Waals surface area contributed by atoms with Gasteiger partial charge in [0.2, 0.25) is 0 Å². The van der Waals surface area contributed by atoms with Gasteiger partial charge in [0.1, 0.15) is 6.61 Å². The molecule has 1 fully saturated rings. The fraction of sp³-hybridized carbons (Fsp3) is 0.540. The van der Waals surface area contributed by atoms with E-state index in [1.165, 1.54) is 42.7 Å². The predicted molar refractivity (Wildman–Crippen MR) is 500 cm³/mol. The van der Waals surface area contributed by atoms with Crippen LogP contribution in [0, 0.1) is 82.8 Å². The summed E-state index contributed by atoms with van der Waals surface area (Å²) < 4.78 is 62.8. The van der Waals surface area contributed by atoms with Crippen LogP contribution in [0.1, 0.15) is 216 Å². The van der Waals surface area contributed by atoms with E-state index in [9.17, 15) is 48.3 Å². The van der Waals surface area contributed by atoms with E-state index in [1.54, 1.807) is 17.0 Å². The molecule has 7 aliphatic heterocycles. The predicted octanol–water partition coefficient (Wildman–Crippen LogP) is 15.1. The minimum atomic E-state index is -1.47. The minimum Gasteiger partial charge on any atom is -0.682 e. The summed E-state index contributed by atoms with van der Waals surface area (Å²) in [5.74, 6) is -7.73. The Kier molecular flexibility index (Phi) is 38.3. The van der Waals surface area contributed by atoms with Crippen LogP contribution < -0.4 is 0 Å². The van der Waals surface area contributed by atoms with Crippen molar-refractivity contribution >= 4 is 121 Å². The number of carbonyl (C=O) groups is 9. The van der Waals surface area contributed by atoms with Gasteiger partial charge in [-0.1, -0.05) is 71.2 Å². The standard InChI is InChI=1S/C98H127N11O21.2CN.Co/c1-21-62-55(3)70-47-71-57(5)64(25-30-80(110)111)76(101-71)50-77-65(58(6)73(102-77)49-75-63(22-2)56(4)72(100-75)48-74(62)99-70)26-31-85(116)130-45-44-128-43-42-127-41-40-126-39-37-109-54-61(107-108-109)24-23-38-129-88(119)52-96(12)66(27-32-81(112)120-15)78-51-79-94(9,10)67(28-33-82(113)121-16)89(104-79)59(7)91-95(11,36-35-84(115)123-18)69(46-86(117)124-19)93(105-91)98(14)97(13,53-87(118)125-20)68(29-34-83(114)122-17)90(106-98)60(8)92(96)103-78;2*1-2;/h21-22,47-51,54,66-69,93H,1-2,23-46,52-53H2,3-20H3,(H4,99,100,101,102,103,104,105,106,107,108,110,111);;;/q;2*-1;+3/p-1/t66-,67-,68-,69+,93?,95-,96+,97+,98+;;;/m1.../s1. The van der Waals surface area contributed by atoms with Gasteiger partial charge in [-0.05, 0) is 186 Å². The summed E-state index contributed by atoms with van der Waals surface area (Å²) >= 11 is 0. The summed E-state index contributed by atoms with van der Waals surface area (Å²) in [6.07, 6.45) is 8.37. The number of allylic oxidation sites excluding steroid dienone is 11. The average molecular weight is 1910 g/mol. The average Bonchev–Trinajstić information content (AvgIpc) is 1.52. The second-order valence-electron chi connectivity index (χ2n) is 35.8. The van der Waals surface area contributed by atoms with Crippen molar-refractivity contribution in [1.29, 1.82) is 10.5 Å². The maximum atomic E-state index is 15.0. The van der Waals surface area contributed by atoms with Crippen LogP contribution in [-0.2, 0) is 131 Å². The molecule has 0 aromatic carbocycles. The van der Waals surface area contributed by atoms with E-state index in [0.29, 0.717) is 108 Å². The molecule has 1 unspecified atom stereocenters. The Morgan fingerprint density at radius 2 is 1.09 bits per heavy atom. The molecular formula is C100H126CoN13O21. The molecule has 9 atom stereocenters. The largest absolute Gasteiger partial charge is 3.00 e. The molecule has 4 aromatic rings. The van der Waals surface area contributed by atoms with Crippen LogP contribution in [0.3, 0.4) is 0 Å². The number of fused-ring (bicyclic) bond motifs is 14. The van der Waals surface area contributed by atoms with E-state index in [0.717, 1.165) is 78.0 Å². The first kappa shape index (κ1) is 108. The van der Waals surface area contributed by atoms with Crippen molar-refractivity contribution in [1.82, 2.24) is 34.9 Å². The van der Waals surface area contributed by atoms with Crippen LogP contribution in [0.15, 0.2) is 99.0 Å². The van der Waals surface area contributed by atoms with Crippen LogP contribution in [0.5, 0.6) is 0 Å². The third-order valence-corrected chi connectivity index (χ3v) is 27.8. The van der Waals surface area contributed by atoms with Crippen LogP contribution in [0.4, 0.5) is 0 Å². The van der Waals surface area contributed by atoms with Gasteiger partial charge < -0.3 is 96.2 Å². The number of aromatic nitrogens is 7. The van der Waals surface area contributed by atoms with E-state index in [1.807, 2.05) is 120 Å². The molecule has 11 heterocycles. The van der Waals surface area contributed by atoms with Crippen LogP contribution >= 0.6 is 0 Å². The Balaban J connectivity index is 0.00000442. The zero-order valence-electron chi connectivity index (χ0n) is 80.7. The number of carboxylic acid groups (broad SMARTS) is 1. The van der Waals surface area contributed by atoms with Gasteiger partial charge >= 0.3 is 70.5 Å². The normalized spacial score (nSPS) is 23.1. The van der Waals surface area contributed by atoms with Crippen molar-refractivity contribution in [3.05, 3.63) is 153 Å². The van der Waals surface area contributed by atoms with Gasteiger partial charge in [-0.2, -0.15) is 5.70 Å². The fourth-order valence-corrected chi connectivity index (χ4v) is 20.0. The molecular weight excluding hydrogens is 1780 g/mol. The van der Waals surface area contributed by atoms with Gasteiger partial charge in [0.25, 0.3) is 0 Å². The van der Waals surface area contributed by atoms with E-state index in [2.05, 4.69) is 33.4 Å². The van der Waals surface area contributed by atoms with Gasteiger partial charge in [-0.25, -0.2) is 14.6 Å². The molecule has 16 bridgehead atoms. The summed E-state index contributed by atoms with van der Waals surface area (Å²) in [6, 6.07) is 6.95. The van der Waals surface area contributed by atoms with E-state index >= 15 is 0 Å². The van der Waals surface area contributed by atoms with Gasteiger partial charge in [0.05, 0.1) is 148 Å². The van der Waals surface area contributed by atoms with Crippen molar-refractivity contribution < 1.29 is 117 Å². The Morgan fingerprint density at radius 3 is 1.70 bits per heavy atom. The molecule has 1 saturated heterocycles. The Bertz CT molecular complexity index is 5650. The van der Waals surface area contributed by atoms with E-state index < -0.39 is 111 Å². The third-order valence-electron chi connectivity index (χ3n) is 27.8. The summed E-state index contributed by atoms with van der Waals surface area (Å²) in [7, 11) is 7.82. The Hall–Kier alpha value is -12.2. The maximum absolute atomic E-state index is 15.0. The third kappa shape index (κ3) is 24.0. The number of hydrogen-bond donors (Lipinski definition) is 3. The summed E-state index contributed by atoms with van der Waals surface area (Å²) in [5.41, 5.74) is 12.1. The number of aromatic amines is 2. The number of ether oxygens (including phenoxy) is 11. The molecule has 726 valence electrons. The molecule has 3 N–H and O–H groups in total. The first-order valence-electron chi connectivity index (χ1n) is 45.0. The van der Waals surface area contributed by atoms with E-state index in [-0.39, 0.29) is 140 Å². The fourth-order valence-electron chi connectivity index (χ4n) is 20.0. The summed E-state index contributed by atoms with van der Waals surface area (Å²) in [5, 5.41) is 36.7. The molecule has 135 heavy (non-hydrogen) atoms. The zero-order chi connectivity index (χ0) is 98.5. The monoisotopic (exact) mass is 1900 g/mol. The van der Waals surface area contributed by atoms with E-state index in [4.69, 9.17) is 106 Å². The topological polar surface area (TPSA) is 462 Å². The number of carbonyl (C=O) groups excluding carboxylic acids is 8. The summed E-state index contributed by atoms with van der Waals surface area (Å²) in [6.45, 7) is 43.2. The van der Waals surface area contributed by atoms with Crippen LogP contribution in [-0.4, -0.2) is 218 Å². The van der Waals surface area contributed by atoms with Crippen molar-refractivity contribution in [2.24, 2.45) is 60.3 Å². The molecule has 0 amide bonds. The Morgan fingerprint density at radius 1 is 0.541 bits per heavy atom. The number of aliphatic carboxylic acids is 1. The maximum Gasteiger partial charge on any atom is 3.00 e. The molecule has 34 nitrogen and oxygen atoms in total. The molecule has 7 aliphatic rings. The number of esters is 8.